The van der Waals surface area contributed by atoms with Crippen LogP contribution in [-0.2, 0) is 4.79 Å². The van der Waals surface area contributed by atoms with Crippen molar-refractivity contribution in [2.75, 3.05) is 13.1 Å². The van der Waals surface area contributed by atoms with Crippen molar-refractivity contribution in [1.82, 2.24) is 10.2 Å². The minimum atomic E-state index is -0.999. The van der Waals surface area contributed by atoms with Crippen LogP contribution in [0.4, 0.5) is 4.79 Å². The number of carboxylic acids is 1. The first kappa shape index (κ1) is 11.7. The molecule has 0 heterocycles. The summed E-state index contributed by atoms with van der Waals surface area (Å²) in [5, 5.41) is 11.1. The molecule has 5 nitrogen and oxygen atoms in total. The fraction of sp³-hybridized carbons (Fsp3) is 0.750. The van der Waals surface area contributed by atoms with Gasteiger partial charge >= 0.3 is 12.0 Å². The van der Waals surface area contributed by atoms with Gasteiger partial charge in [-0.25, -0.2) is 4.79 Å². The fourth-order valence-corrected chi connectivity index (χ4v) is 0.829. The predicted molar refractivity (Wildman–Crippen MR) is 48.6 cm³/mol. The van der Waals surface area contributed by atoms with Crippen molar-refractivity contribution in [3.8, 4) is 0 Å². The Bertz CT molecular complexity index is 192. The molecule has 0 aromatic carbocycles. The van der Waals surface area contributed by atoms with E-state index in [-0.39, 0.29) is 18.6 Å². The lowest BCUT2D eigenvalue weighted by molar-refractivity contribution is -0.137. The van der Waals surface area contributed by atoms with Crippen molar-refractivity contribution < 1.29 is 14.7 Å². The van der Waals surface area contributed by atoms with Crippen LogP contribution in [0.1, 0.15) is 20.8 Å². The molecule has 2 N–H and O–H groups in total. The summed E-state index contributed by atoms with van der Waals surface area (Å²) < 4.78 is 0. The molecule has 76 valence electrons. The normalized spacial score (nSPS) is 9.85. The maximum Gasteiger partial charge on any atom is 0.323 e. The molecular weight excluding hydrogens is 172 g/mol. The van der Waals surface area contributed by atoms with E-state index in [0.29, 0.717) is 6.54 Å². The van der Waals surface area contributed by atoms with Crippen LogP contribution < -0.4 is 5.32 Å². The molecular formula is C8H16N2O3. The van der Waals surface area contributed by atoms with Crippen molar-refractivity contribution in [2.45, 2.75) is 26.8 Å². The van der Waals surface area contributed by atoms with Gasteiger partial charge in [0.1, 0.15) is 6.54 Å². The van der Waals surface area contributed by atoms with Crippen LogP contribution in [0.2, 0.25) is 0 Å². The van der Waals surface area contributed by atoms with Gasteiger partial charge in [-0.2, -0.15) is 0 Å². The van der Waals surface area contributed by atoms with E-state index in [0.717, 1.165) is 0 Å². The minimum Gasteiger partial charge on any atom is -0.480 e. The molecule has 0 fully saturated rings. The summed E-state index contributed by atoms with van der Waals surface area (Å²) in [4.78, 5) is 22.8. The molecule has 0 aromatic heterocycles. The lowest BCUT2D eigenvalue weighted by Gasteiger charge is -2.20. The molecule has 0 aliphatic carbocycles. The maximum absolute atomic E-state index is 11.3. The van der Waals surface area contributed by atoms with Gasteiger partial charge < -0.3 is 15.3 Å². The van der Waals surface area contributed by atoms with Gasteiger partial charge in [-0.05, 0) is 20.8 Å². The first-order valence-corrected chi connectivity index (χ1v) is 4.24. The summed E-state index contributed by atoms with van der Waals surface area (Å²) in [5.74, 6) is -0.999. The summed E-state index contributed by atoms with van der Waals surface area (Å²) in [6.07, 6.45) is 0. The molecule has 0 radical (unpaired) electrons. The third-order valence-corrected chi connectivity index (χ3v) is 1.41. The standard InChI is InChI=1S/C8H16N2O3/c1-4-10(5-7(11)12)8(13)9-6(2)3/h6H,4-5H2,1-3H3,(H,9,13)(H,11,12). The number of nitrogens with one attached hydrogen (secondary N) is 1. The Morgan fingerprint density at radius 3 is 2.31 bits per heavy atom. The van der Waals surface area contributed by atoms with Gasteiger partial charge in [0.25, 0.3) is 0 Å². The Hall–Kier alpha value is -1.26. The maximum atomic E-state index is 11.3. The van der Waals surface area contributed by atoms with Gasteiger partial charge in [-0.15, -0.1) is 0 Å². The van der Waals surface area contributed by atoms with Gasteiger partial charge in [-0.3, -0.25) is 4.79 Å². The molecule has 0 atom stereocenters. The summed E-state index contributed by atoms with van der Waals surface area (Å²) >= 11 is 0. The minimum absolute atomic E-state index is 0.0235. The van der Waals surface area contributed by atoms with E-state index in [1.54, 1.807) is 6.92 Å². The number of aliphatic carboxylic acids is 1. The van der Waals surface area contributed by atoms with Crippen LogP contribution in [0.5, 0.6) is 0 Å². The summed E-state index contributed by atoms with van der Waals surface area (Å²) in [6, 6.07) is -0.310. The van der Waals surface area contributed by atoms with Crippen LogP contribution in [0.25, 0.3) is 0 Å². The molecule has 0 aliphatic heterocycles. The van der Waals surface area contributed by atoms with Crippen molar-refractivity contribution in [3.63, 3.8) is 0 Å². The first-order valence-electron chi connectivity index (χ1n) is 4.24. The number of carbonyl (C=O) groups is 2. The Kier molecular flexibility index (Phi) is 4.87. The van der Waals surface area contributed by atoms with E-state index < -0.39 is 5.97 Å². The molecule has 0 aromatic rings. The smallest absolute Gasteiger partial charge is 0.323 e. The van der Waals surface area contributed by atoms with E-state index in [9.17, 15) is 9.59 Å². The molecule has 0 aliphatic rings. The fourth-order valence-electron chi connectivity index (χ4n) is 0.829. The highest BCUT2D eigenvalue weighted by atomic mass is 16.4. The Morgan fingerprint density at radius 1 is 1.46 bits per heavy atom. The number of hydrogen-bond donors (Lipinski definition) is 2. The highest BCUT2D eigenvalue weighted by Gasteiger charge is 2.14. The number of carbonyl (C=O) groups excluding carboxylic acids is 1. The van der Waals surface area contributed by atoms with Gasteiger partial charge in [-0.1, -0.05) is 0 Å². The van der Waals surface area contributed by atoms with Crippen LogP contribution in [-0.4, -0.2) is 41.1 Å². The van der Waals surface area contributed by atoms with Gasteiger partial charge in [0.05, 0.1) is 0 Å². The third-order valence-electron chi connectivity index (χ3n) is 1.41. The van der Waals surface area contributed by atoms with E-state index in [2.05, 4.69) is 5.32 Å². The topological polar surface area (TPSA) is 69.6 Å². The molecule has 5 heteroatoms. The quantitative estimate of drug-likeness (QED) is 0.675. The second-order valence-corrected chi connectivity index (χ2v) is 3.01. The number of urea groups is 1. The SMILES string of the molecule is CCN(CC(=O)O)C(=O)NC(C)C. The van der Waals surface area contributed by atoms with Gasteiger partial charge in [0.15, 0.2) is 0 Å². The Balaban J connectivity index is 4.07. The zero-order valence-electron chi connectivity index (χ0n) is 8.20. The van der Waals surface area contributed by atoms with Crippen LogP contribution >= 0.6 is 0 Å². The Morgan fingerprint density at radius 2 is 2.00 bits per heavy atom. The largest absolute Gasteiger partial charge is 0.480 e. The van der Waals surface area contributed by atoms with Gasteiger partial charge in [0, 0.05) is 12.6 Å². The van der Waals surface area contributed by atoms with Crippen molar-refractivity contribution in [2.24, 2.45) is 0 Å². The van der Waals surface area contributed by atoms with E-state index in [1.807, 2.05) is 13.8 Å². The molecule has 0 spiro atoms. The van der Waals surface area contributed by atoms with Crippen molar-refractivity contribution in [1.29, 1.82) is 0 Å². The van der Waals surface area contributed by atoms with Crippen molar-refractivity contribution >= 4 is 12.0 Å². The molecule has 0 bridgehead atoms. The number of rotatable bonds is 4. The summed E-state index contributed by atoms with van der Waals surface area (Å²) in [5.41, 5.74) is 0. The monoisotopic (exact) mass is 188 g/mol. The average molecular weight is 188 g/mol. The summed E-state index contributed by atoms with van der Waals surface area (Å²) in [7, 11) is 0. The molecule has 0 rings (SSSR count). The number of carboxylic acid groups (broad SMARTS) is 1. The zero-order chi connectivity index (χ0) is 10.4. The molecule has 0 saturated heterocycles. The predicted octanol–water partition coefficient (Wildman–Crippen LogP) is 0.511. The zero-order valence-corrected chi connectivity index (χ0v) is 8.20. The molecule has 0 unspecified atom stereocenters. The molecule has 2 amide bonds. The number of likely N-dealkylation sites (N-methyl/N-ethyl adjacent to an activating group) is 1. The molecule has 13 heavy (non-hydrogen) atoms. The van der Waals surface area contributed by atoms with Gasteiger partial charge in [0.2, 0.25) is 0 Å². The Labute approximate surface area is 77.7 Å². The number of amides is 2. The lowest BCUT2D eigenvalue weighted by Crippen LogP contribution is -2.45. The summed E-state index contributed by atoms with van der Waals surface area (Å²) in [6.45, 7) is 5.53. The highest BCUT2D eigenvalue weighted by molar-refractivity contribution is 5.80. The van der Waals surface area contributed by atoms with Crippen LogP contribution in [0.3, 0.4) is 0 Å². The molecule has 0 saturated carbocycles. The number of nitrogens with zero attached hydrogens (tertiary/aromatic N) is 1. The first-order chi connectivity index (χ1) is 5.97. The highest BCUT2D eigenvalue weighted by Crippen LogP contribution is 1.90. The van der Waals surface area contributed by atoms with E-state index >= 15 is 0 Å². The van der Waals surface area contributed by atoms with Crippen LogP contribution in [0.15, 0.2) is 0 Å². The lowest BCUT2D eigenvalue weighted by atomic mass is 10.4. The average Bonchev–Trinajstić information content (AvgIpc) is 1.98. The van der Waals surface area contributed by atoms with Crippen LogP contribution in [0, 0.1) is 0 Å². The van der Waals surface area contributed by atoms with E-state index in [4.69, 9.17) is 5.11 Å². The second kappa shape index (κ2) is 5.40. The third kappa shape index (κ3) is 5.05. The van der Waals surface area contributed by atoms with Crippen molar-refractivity contribution in [3.05, 3.63) is 0 Å². The second-order valence-electron chi connectivity index (χ2n) is 3.01. The van der Waals surface area contributed by atoms with E-state index in [1.165, 1.54) is 4.90 Å². The number of hydrogen-bond acceptors (Lipinski definition) is 2.